The molecule has 1 amide bonds. The average Bonchev–Trinajstić information content (AvgIpc) is 2.63. The van der Waals surface area contributed by atoms with Crippen molar-refractivity contribution in [2.45, 2.75) is 46.1 Å². The molecule has 0 saturated carbocycles. The second kappa shape index (κ2) is 4.21. The molecule has 0 aliphatic carbocycles. The molecule has 2 rings (SSSR count). The van der Waals surface area contributed by atoms with Crippen molar-refractivity contribution in [2.24, 2.45) is 0 Å². The third-order valence-corrected chi connectivity index (χ3v) is 3.56. The van der Waals surface area contributed by atoms with Crippen LogP contribution in [-0.2, 0) is 6.54 Å². The zero-order chi connectivity index (χ0) is 12.7. The molecule has 0 saturated heterocycles. The van der Waals surface area contributed by atoms with Gasteiger partial charge in [0.2, 0.25) is 0 Å². The fourth-order valence-corrected chi connectivity index (χ4v) is 2.66. The Morgan fingerprint density at radius 3 is 2.29 bits per heavy atom. The van der Waals surface area contributed by atoms with Crippen LogP contribution in [0.25, 0.3) is 0 Å². The molecule has 94 valence electrons. The molecule has 1 aromatic rings. The highest BCUT2D eigenvalue weighted by Gasteiger charge is 2.28. The predicted molar refractivity (Wildman–Crippen MR) is 69.6 cm³/mol. The predicted octanol–water partition coefficient (Wildman–Crippen LogP) is 2.82. The summed E-state index contributed by atoms with van der Waals surface area (Å²) in [6.45, 7) is 10.5. The van der Waals surface area contributed by atoms with Crippen LogP contribution in [0, 0.1) is 0 Å². The SMILES string of the molecule is CC(C)c1cc2n(c1C(C)C)CCN(C)C2=O. The molecule has 3 nitrogen and oxygen atoms in total. The highest BCUT2D eigenvalue weighted by atomic mass is 16.2. The van der Waals surface area contributed by atoms with Gasteiger partial charge >= 0.3 is 0 Å². The number of fused-ring (bicyclic) bond motifs is 1. The highest BCUT2D eigenvalue weighted by molar-refractivity contribution is 5.93. The lowest BCUT2D eigenvalue weighted by Gasteiger charge is -2.27. The van der Waals surface area contributed by atoms with Gasteiger partial charge in [-0.1, -0.05) is 27.7 Å². The van der Waals surface area contributed by atoms with Crippen molar-refractivity contribution < 1.29 is 4.79 Å². The monoisotopic (exact) mass is 234 g/mol. The van der Waals surface area contributed by atoms with Gasteiger partial charge in [0.15, 0.2) is 0 Å². The van der Waals surface area contributed by atoms with Gasteiger partial charge < -0.3 is 9.47 Å². The Morgan fingerprint density at radius 1 is 1.12 bits per heavy atom. The molecule has 17 heavy (non-hydrogen) atoms. The molecule has 1 aliphatic rings. The lowest BCUT2D eigenvalue weighted by Crippen LogP contribution is -2.37. The first kappa shape index (κ1) is 12.2. The van der Waals surface area contributed by atoms with E-state index in [9.17, 15) is 4.79 Å². The standard InChI is InChI=1S/C14H22N2O/c1-9(2)11-8-12-14(17)15(5)6-7-16(12)13(11)10(3)4/h8-10H,6-7H2,1-5H3. The van der Waals surface area contributed by atoms with Crippen molar-refractivity contribution in [1.29, 1.82) is 0 Å². The number of hydrogen-bond donors (Lipinski definition) is 0. The lowest BCUT2D eigenvalue weighted by atomic mass is 9.97. The second-order valence-electron chi connectivity index (χ2n) is 5.56. The Kier molecular flexibility index (Phi) is 3.02. The minimum Gasteiger partial charge on any atom is -0.339 e. The van der Waals surface area contributed by atoms with Crippen LogP contribution in [0.15, 0.2) is 6.07 Å². The number of carbonyl (C=O) groups is 1. The van der Waals surface area contributed by atoms with Gasteiger partial charge in [-0.15, -0.1) is 0 Å². The van der Waals surface area contributed by atoms with E-state index in [2.05, 4.69) is 38.3 Å². The van der Waals surface area contributed by atoms with Crippen LogP contribution in [0.5, 0.6) is 0 Å². The Labute approximate surface area is 103 Å². The largest absolute Gasteiger partial charge is 0.339 e. The Bertz CT molecular complexity index is 443. The number of aromatic nitrogens is 1. The van der Waals surface area contributed by atoms with E-state index in [1.54, 1.807) is 0 Å². The summed E-state index contributed by atoms with van der Waals surface area (Å²) in [5, 5.41) is 0. The summed E-state index contributed by atoms with van der Waals surface area (Å²) in [4.78, 5) is 13.9. The fraction of sp³-hybridized carbons (Fsp3) is 0.643. The van der Waals surface area contributed by atoms with Gasteiger partial charge in [0, 0.05) is 25.8 Å². The van der Waals surface area contributed by atoms with Crippen molar-refractivity contribution >= 4 is 5.91 Å². The van der Waals surface area contributed by atoms with Crippen LogP contribution in [0.3, 0.4) is 0 Å². The summed E-state index contributed by atoms with van der Waals surface area (Å²) in [6.07, 6.45) is 0. The summed E-state index contributed by atoms with van der Waals surface area (Å²) in [6, 6.07) is 2.10. The Balaban J connectivity index is 2.59. The lowest BCUT2D eigenvalue weighted by molar-refractivity contribution is 0.0747. The molecule has 1 aliphatic heterocycles. The molecular weight excluding hydrogens is 212 g/mol. The van der Waals surface area contributed by atoms with Crippen LogP contribution < -0.4 is 0 Å². The molecule has 2 heterocycles. The number of carbonyl (C=O) groups excluding carboxylic acids is 1. The summed E-state index contributed by atoms with van der Waals surface area (Å²) in [7, 11) is 1.88. The van der Waals surface area contributed by atoms with Crippen molar-refractivity contribution in [2.75, 3.05) is 13.6 Å². The van der Waals surface area contributed by atoms with Crippen molar-refractivity contribution in [3.63, 3.8) is 0 Å². The van der Waals surface area contributed by atoms with E-state index in [4.69, 9.17) is 0 Å². The van der Waals surface area contributed by atoms with E-state index in [0.717, 1.165) is 18.8 Å². The molecule has 0 bridgehead atoms. The van der Waals surface area contributed by atoms with Gasteiger partial charge in [-0.3, -0.25) is 4.79 Å². The minimum absolute atomic E-state index is 0.157. The number of likely N-dealkylation sites (N-methyl/N-ethyl adjacent to an activating group) is 1. The summed E-state index contributed by atoms with van der Waals surface area (Å²) in [5.41, 5.74) is 3.54. The van der Waals surface area contributed by atoms with Crippen LogP contribution in [-0.4, -0.2) is 29.0 Å². The molecule has 0 radical (unpaired) electrons. The van der Waals surface area contributed by atoms with Gasteiger partial charge in [-0.05, 0) is 23.5 Å². The zero-order valence-corrected chi connectivity index (χ0v) is 11.4. The molecule has 0 aromatic carbocycles. The topological polar surface area (TPSA) is 25.2 Å². The Morgan fingerprint density at radius 2 is 1.76 bits per heavy atom. The van der Waals surface area contributed by atoms with Gasteiger partial charge in [0.25, 0.3) is 5.91 Å². The summed E-state index contributed by atoms with van der Waals surface area (Å²) in [5.74, 6) is 1.10. The van der Waals surface area contributed by atoms with E-state index < -0.39 is 0 Å². The smallest absolute Gasteiger partial charge is 0.270 e. The van der Waals surface area contributed by atoms with Gasteiger partial charge in [-0.25, -0.2) is 0 Å². The van der Waals surface area contributed by atoms with Crippen LogP contribution in [0.2, 0.25) is 0 Å². The number of nitrogens with zero attached hydrogens (tertiary/aromatic N) is 2. The van der Waals surface area contributed by atoms with E-state index in [0.29, 0.717) is 11.8 Å². The van der Waals surface area contributed by atoms with Crippen molar-refractivity contribution in [3.8, 4) is 0 Å². The Hall–Kier alpha value is -1.25. The number of amides is 1. The quantitative estimate of drug-likeness (QED) is 0.772. The maximum atomic E-state index is 12.1. The first-order valence-electron chi connectivity index (χ1n) is 6.42. The van der Waals surface area contributed by atoms with Gasteiger partial charge in [-0.2, -0.15) is 0 Å². The summed E-state index contributed by atoms with van der Waals surface area (Å²) >= 11 is 0. The van der Waals surface area contributed by atoms with E-state index in [1.165, 1.54) is 11.3 Å². The van der Waals surface area contributed by atoms with E-state index in [1.807, 2.05) is 11.9 Å². The number of hydrogen-bond acceptors (Lipinski definition) is 1. The average molecular weight is 234 g/mol. The maximum Gasteiger partial charge on any atom is 0.270 e. The minimum atomic E-state index is 0.157. The maximum absolute atomic E-state index is 12.1. The highest BCUT2D eigenvalue weighted by Crippen LogP contribution is 2.31. The third kappa shape index (κ3) is 1.88. The van der Waals surface area contributed by atoms with Gasteiger partial charge in [0.1, 0.15) is 5.69 Å². The zero-order valence-electron chi connectivity index (χ0n) is 11.4. The van der Waals surface area contributed by atoms with Crippen LogP contribution >= 0.6 is 0 Å². The summed E-state index contributed by atoms with van der Waals surface area (Å²) < 4.78 is 2.22. The van der Waals surface area contributed by atoms with Crippen LogP contribution in [0.1, 0.15) is 61.3 Å². The van der Waals surface area contributed by atoms with Crippen molar-refractivity contribution in [3.05, 3.63) is 23.0 Å². The molecule has 1 aromatic heterocycles. The van der Waals surface area contributed by atoms with Gasteiger partial charge in [0.05, 0.1) is 0 Å². The molecule has 0 spiro atoms. The molecular formula is C14H22N2O. The van der Waals surface area contributed by atoms with Crippen molar-refractivity contribution in [1.82, 2.24) is 9.47 Å². The molecule has 0 fully saturated rings. The first-order valence-corrected chi connectivity index (χ1v) is 6.42. The molecule has 3 heteroatoms. The third-order valence-electron chi connectivity index (χ3n) is 3.56. The molecule has 0 atom stereocenters. The number of rotatable bonds is 2. The van der Waals surface area contributed by atoms with E-state index >= 15 is 0 Å². The molecule has 0 unspecified atom stereocenters. The first-order chi connectivity index (χ1) is 7.93. The fourth-order valence-electron chi connectivity index (χ4n) is 2.66. The van der Waals surface area contributed by atoms with Crippen LogP contribution in [0.4, 0.5) is 0 Å². The second-order valence-corrected chi connectivity index (χ2v) is 5.56. The molecule has 0 N–H and O–H groups in total. The normalized spacial score (nSPS) is 15.9. The van der Waals surface area contributed by atoms with E-state index in [-0.39, 0.29) is 5.91 Å².